The number of ether oxygens (including phenoxy) is 2. The lowest BCUT2D eigenvalue weighted by atomic mass is 10.1. The molecule has 1 aliphatic rings. The van der Waals surface area contributed by atoms with Crippen LogP contribution in [0.5, 0.6) is 11.5 Å². The van der Waals surface area contributed by atoms with Gasteiger partial charge < -0.3 is 15.2 Å². The molecule has 0 amide bonds. The molecular weight excluding hydrogens is 254 g/mol. The van der Waals surface area contributed by atoms with Crippen molar-refractivity contribution < 1.29 is 14.3 Å². The number of hydrogen-bond acceptors (Lipinski definition) is 4. The molecule has 5 heteroatoms. The molecule has 0 spiro atoms. The molecule has 4 nitrogen and oxygen atoms in total. The van der Waals surface area contributed by atoms with Crippen molar-refractivity contribution in [3.63, 3.8) is 0 Å². The largest absolute Gasteiger partial charge is 0.489 e. The van der Waals surface area contributed by atoms with Crippen LogP contribution in [0.4, 0.5) is 0 Å². The molecule has 0 fully saturated rings. The second kappa shape index (κ2) is 5.42. The van der Waals surface area contributed by atoms with Gasteiger partial charge in [0.25, 0.3) is 0 Å². The van der Waals surface area contributed by atoms with Gasteiger partial charge in [0.2, 0.25) is 0 Å². The fourth-order valence-electron chi connectivity index (χ4n) is 1.40. The van der Waals surface area contributed by atoms with E-state index in [4.69, 9.17) is 15.2 Å². The summed E-state index contributed by atoms with van der Waals surface area (Å²) in [7, 11) is 0. The molecule has 0 bridgehead atoms. The average Bonchev–Trinajstić information content (AvgIpc) is 2.27. The van der Waals surface area contributed by atoms with Crippen LogP contribution in [0.1, 0.15) is 19.4 Å². The topological polar surface area (TPSA) is 61.6 Å². The van der Waals surface area contributed by atoms with Gasteiger partial charge >= 0.3 is 5.97 Å². The fraction of sp³-hybridized carbons (Fsp3) is 0.308. The first-order valence-electron chi connectivity index (χ1n) is 5.41. The van der Waals surface area contributed by atoms with Crippen LogP contribution >= 0.6 is 12.4 Å². The average molecular weight is 270 g/mol. The van der Waals surface area contributed by atoms with E-state index in [1.807, 2.05) is 12.2 Å². The Balaban J connectivity index is 0.00000162. The molecule has 0 aliphatic carbocycles. The van der Waals surface area contributed by atoms with Gasteiger partial charge in [0.15, 0.2) is 0 Å². The summed E-state index contributed by atoms with van der Waals surface area (Å²) in [6.45, 7) is 3.79. The van der Waals surface area contributed by atoms with Crippen LogP contribution in [0.25, 0.3) is 6.08 Å². The lowest BCUT2D eigenvalue weighted by Crippen LogP contribution is -2.44. The van der Waals surface area contributed by atoms with Crippen LogP contribution < -0.4 is 15.2 Å². The van der Waals surface area contributed by atoms with E-state index in [2.05, 4.69) is 0 Å². The predicted molar refractivity (Wildman–Crippen MR) is 72.1 cm³/mol. The van der Waals surface area contributed by atoms with Gasteiger partial charge in [0.1, 0.15) is 23.6 Å². The number of carbonyl (C=O) groups excluding carboxylic acids is 1. The Morgan fingerprint density at radius 3 is 2.83 bits per heavy atom. The van der Waals surface area contributed by atoms with Gasteiger partial charge in [-0.05, 0) is 38.1 Å². The SMILES string of the molecule is CC(C)(N)C(=O)Oc1ccc2c(c1)C=CCO2.Cl. The molecule has 2 rings (SSSR count). The Morgan fingerprint density at radius 2 is 2.17 bits per heavy atom. The summed E-state index contributed by atoms with van der Waals surface area (Å²) in [5, 5.41) is 0. The lowest BCUT2D eigenvalue weighted by molar-refractivity contribution is -0.139. The molecule has 18 heavy (non-hydrogen) atoms. The van der Waals surface area contributed by atoms with E-state index in [0.29, 0.717) is 12.4 Å². The van der Waals surface area contributed by atoms with Gasteiger partial charge in [-0.15, -0.1) is 12.4 Å². The zero-order valence-electron chi connectivity index (χ0n) is 10.3. The molecule has 1 aromatic carbocycles. The molecule has 1 aliphatic heterocycles. The first kappa shape index (κ1) is 14.5. The van der Waals surface area contributed by atoms with Gasteiger partial charge in [-0.1, -0.05) is 6.08 Å². The van der Waals surface area contributed by atoms with Crippen molar-refractivity contribution in [2.24, 2.45) is 5.73 Å². The minimum atomic E-state index is -0.998. The maximum Gasteiger partial charge on any atom is 0.330 e. The Morgan fingerprint density at radius 1 is 1.44 bits per heavy atom. The predicted octanol–water partition coefficient (Wildman–Crippen LogP) is 2.16. The van der Waals surface area contributed by atoms with E-state index in [-0.39, 0.29) is 12.4 Å². The quantitative estimate of drug-likeness (QED) is 0.660. The first-order chi connectivity index (χ1) is 7.97. The number of halogens is 1. The molecule has 2 N–H and O–H groups in total. The van der Waals surface area contributed by atoms with Crippen molar-refractivity contribution in [2.45, 2.75) is 19.4 Å². The third kappa shape index (κ3) is 3.24. The Bertz CT molecular complexity index is 478. The number of benzene rings is 1. The van der Waals surface area contributed by atoms with Crippen LogP contribution in [-0.4, -0.2) is 18.1 Å². The Labute approximate surface area is 112 Å². The summed E-state index contributed by atoms with van der Waals surface area (Å²) in [5.74, 6) is 0.805. The lowest BCUT2D eigenvalue weighted by Gasteiger charge is -2.18. The van der Waals surface area contributed by atoms with Crippen LogP contribution in [0, 0.1) is 0 Å². The standard InChI is InChI=1S/C13H15NO3.ClH/c1-13(2,14)12(15)17-10-5-6-11-9(8-10)4-3-7-16-11;/h3-6,8H,7,14H2,1-2H3;1H. The van der Waals surface area contributed by atoms with Gasteiger partial charge in [0, 0.05) is 5.56 Å². The summed E-state index contributed by atoms with van der Waals surface area (Å²) in [4.78, 5) is 11.6. The van der Waals surface area contributed by atoms with Crippen LogP contribution in [0.15, 0.2) is 24.3 Å². The number of carbonyl (C=O) groups is 1. The highest BCUT2D eigenvalue weighted by Crippen LogP contribution is 2.28. The molecule has 0 aromatic heterocycles. The van der Waals surface area contributed by atoms with Gasteiger partial charge in [0.05, 0.1) is 0 Å². The number of hydrogen-bond donors (Lipinski definition) is 1. The smallest absolute Gasteiger partial charge is 0.330 e. The van der Waals surface area contributed by atoms with E-state index < -0.39 is 11.5 Å². The van der Waals surface area contributed by atoms with Gasteiger partial charge in [-0.25, -0.2) is 4.79 Å². The van der Waals surface area contributed by atoms with E-state index in [1.54, 1.807) is 32.0 Å². The second-order valence-corrected chi connectivity index (χ2v) is 4.52. The summed E-state index contributed by atoms with van der Waals surface area (Å²) >= 11 is 0. The van der Waals surface area contributed by atoms with Crippen molar-refractivity contribution >= 4 is 24.5 Å². The van der Waals surface area contributed by atoms with Gasteiger partial charge in [-0.2, -0.15) is 0 Å². The summed E-state index contributed by atoms with van der Waals surface area (Å²) in [6, 6.07) is 5.24. The molecule has 0 atom stereocenters. The highest BCUT2D eigenvalue weighted by atomic mass is 35.5. The summed E-state index contributed by atoms with van der Waals surface area (Å²) in [6.07, 6.45) is 3.84. The Hall–Kier alpha value is -1.52. The van der Waals surface area contributed by atoms with Crippen LogP contribution in [-0.2, 0) is 4.79 Å². The van der Waals surface area contributed by atoms with Crippen molar-refractivity contribution in [3.05, 3.63) is 29.8 Å². The number of esters is 1. The third-order valence-corrected chi connectivity index (χ3v) is 2.35. The molecule has 0 unspecified atom stereocenters. The van der Waals surface area contributed by atoms with Crippen molar-refractivity contribution in [1.82, 2.24) is 0 Å². The van der Waals surface area contributed by atoms with Crippen molar-refractivity contribution in [1.29, 1.82) is 0 Å². The highest BCUT2D eigenvalue weighted by Gasteiger charge is 2.24. The zero-order chi connectivity index (χ0) is 12.5. The van der Waals surface area contributed by atoms with Crippen LogP contribution in [0.2, 0.25) is 0 Å². The molecule has 1 aromatic rings. The van der Waals surface area contributed by atoms with Crippen molar-refractivity contribution in [3.8, 4) is 11.5 Å². The number of nitrogens with two attached hydrogens (primary N) is 1. The highest BCUT2D eigenvalue weighted by molar-refractivity contribution is 5.85. The maximum atomic E-state index is 11.6. The monoisotopic (exact) mass is 269 g/mol. The minimum absolute atomic E-state index is 0. The zero-order valence-corrected chi connectivity index (χ0v) is 11.1. The number of rotatable bonds is 2. The minimum Gasteiger partial charge on any atom is -0.489 e. The van der Waals surface area contributed by atoms with E-state index in [1.165, 1.54) is 0 Å². The van der Waals surface area contributed by atoms with E-state index in [9.17, 15) is 4.79 Å². The van der Waals surface area contributed by atoms with E-state index >= 15 is 0 Å². The summed E-state index contributed by atoms with van der Waals surface area (Å²) in [5.41, 5.74) is 5.55. The molecular formula is C13H16ClNO3. The number of fused-ring (bicyclic) bond motifs is 1. The van der Waals surface area contributed by atoms with Crippen molar-refractivity contribution in [2.75, 3.05) is 6.61 Å². The molecule has 1 heterocycles. The normalized spacial score (nSPS) is 13.1. The second-order valence-electron chi connectivity index (χ2n) is 4.52. The first-order valence-corrected chi connectivity index (χ1v) is 5.41. The summed E-state index contributed by atoms with van der Waals surface area (Å²) < 4.78 is 10.6. The molecule has 0 saturated carbocycles. The van der Waals surface area contributed by atoms with Crippen LogP contribution in [0.3, 0.4) is 0 Å². The maximum absolute atomic E-state index is 11.6. The molecule has 98 valence electrons. The van der Waals surface area contributed by atoms with E-state index in [0.717, 1.165) is 11.3 Å². The van der Waals surface area contributed by atoms with Gasteiger partial charge in [-0.3, -0.25) is 0 Å². The third-order valence-electron chi connectivity index (χ3n) is 2.35. The molecule has 0 saturated heterocycles. The fourth-order valence-corrected chi connectivity index (χ4v) is 1.40. The molecule has 0 radical (unpaired) electrons. The Kier molecular flexibility index (Phi) is 4.38.